The first-order valence-electron chi connectivity index (χ1n) is 8.78. The number of benzene rings is 2. The van der Waals surface area contributed by atoms with Gasteiger partial charge in [0, 0.05) is 22.2 Å². The molecule has 0 radical (unpaired) electrons. The van der Waals surface area contributed by atoms with Crippen LogP contribution in [0.1, 0.15) is 25.3 Å². The Labute approximate surface area is 164 Å². The second-order valence-corrected chi connectivity index (χ2v) is 8.03. The van der Waals surface area contributed by atoms with Crippen LogP contribution < -0.4 is 10.6 Å². The van der Waals surface area contributed by atoms with Crippen molar-refractivity contribution in [2.45, 2.75) is 36.1 Å². The molecule has 0 aromatic heterocycles. The van der Waals surface area contributed by atoms with Gasteiger partial charge >= 0.3 is 6.18 Å². The number of nitrogens with one attached hydrogen (secondary N) is 2. The van der Waals surface area contributed by atoms with Gasteiger partial charge in [-0.2, -0.15) is 13.2 Å². The lowest BCUT2D eigenvalue weighted by Crippen LogP contribution is -2.22. The minimum atomic E-state index is -4.47. The predicted molar refractivity (Wildman–Crippen MR) is 103 cm³/mol. The Morgan fingerprint density at radius 3 is 2.32 bits per heavy atom. The summed E-state index contributed by atoms with van der Waals surface area (Å²) >= 11 is 1.26. The van der Waals surface area contributed by atoms with Gasteiger partial charge in [0.1, 0.15) is 0 Å². The second-order valence-electron chi connectivity index (χ2n) is 6.62. The molecule has 1 unspecified atom stereocenters. The molecule has 0 spiro atoms. The number of halogens is 3. The standard InChI is InChI=1S/C20H19F3N2O2S/c1-12(18(26)24-15-5-2-4-14(10-15)20(21,22)23)28-17-7-3-6-16(11-17)25-19(27)13-8-9-13/h2-7,10-13H,8-9H2,1H3,(H,24,26)(H,25,27). The molecular weight excluding hydrogens is 389 g/mol. The molecular formula is C20H19F3N2O2S. The zero-order valence-corrected chi connectivity index (χ0v) is 15.9. The van der Waals surface area contributed by atoms with Gasteiger partial charge < -0.3 is 10.6 Å². The average molecular weight is 408 g/mol. The Balaban J connectivity index is 1.60. The van der Waals surface area contributed by atoms with E-state index in [0.717, 1.165) is 29.9 Å². The minimum absolute atomic E-state index is 0.00233. The molecule has 8 heteroatoms. The van der Waals surface area contributed by atoms with Crippen LogP contribution in [-0.2, 0) is 15.8 Å². The molecule has 4 nitrogen and oxygen atoms in total. The number of carbonyl (C=O) groups excluding carboxylic acids is 2. The molecule has 1 aliphatic carbocycles. The molecule has 0 bridgehead atoms. The van der Waals surface area contributed by atoms with E-state index in [9.17, 15) is 22.8 Å². The Hall–Kier alpha value is -2.48. The highest BCUT2D eigenvalue weighted by atomic mass is 32.2. The largest absolute Gasteiger partial charge is 0.416 e. The molecule has 0 aliphatic heterocycles. The summed E-state index contributed by atoms with van der Waals surface area (Å²) in [5.41, 5.74) is -0.0604. The van der Waals surface area contributed by atoms with Gasteiger partial charge in [-0.25, -0.2) is 0 Å². The fourth-order valence-corrected chi connectivity index (χ4v) is 3.44. The summed E-state index contributed by atoms with van der Waals surface area (Å²) < 4.78 is 38.4. The molecule has 1 aliphatic rings. The Kier molecular flexibility index (Phi) is 5.98. The second kappa shape index (κ2) is 8.26. The number of hydrogen-bond donors (Lipinski definition) is 2. The van der Waals surface area contributed by atoms with Crippen molar-refractivity contribution < 1.29 is 22.8 Å². The predicted octanol–water partition coefficient (Wildman–Crippen LogP) is 5.17. The molecule has 0 heterocycles. The van der Waals surface area contributed by atoms with Crippen molar-refractivity contribution in [1.29, 1.82) is 0 Å². The summed E-state index contributed by atoms with van der Waals surface area (Å²) in [6.07, 6.45) is -2.65. The molecule has 2 aromatic rings. The smallest absolute Gasteiger partial charge is 0.326 e. The van der Waals surface area contributed by atoms with Gasteiger partial charge in [-0.05, 0) is 56.2 Å². The zero-order chi connectivity index (χ0) is 20.3. The number of anilines is 2. The first kappa shape index (κ1) is 20.3. The van der Waals surface area contributed by atoms with Gasteiger partial charge in [-0.15, -0.1) is 11.8 Å². The van der Waals surface area contributed by atoms with Gasteiger partial charge in [0.15, 0.2) is 0 Å². The summed E-state index contributed by atoms with van der Waals surface area (Å²) in [5, 5.41) is 4.82. The fraction of sp³-hybridized carbons (Fsp3) is 0.300. The minimum Gasteiger partial charge on any atom is -0.326 e. The number of carbonyl (C=O) groups is 2. The molecule has 2 aromatic carbocycles. The van der Waals surface area contributed by atoms with Gasteiger partial charge in [0.2, 0.25) is 11.8 Å². The lowest BCUT2D eigenvalue weighted by Gasteiger charge is -2.14. The van der Waals surface area contributed by atoms with Gasteiger partial charge in [-0.3, -0.25) is 9.59 Å². The van der Waals surface area contributed by atoms with Gasteiger partial charge in [0.05, 0.1) is 10.8 Å². The zero-order valence-electron chi connectivity index (χ0n) is 15.0. The van der Waals surface area contributed by atoms with Gasteiger partial charge in [-0.1, -0.05) is 12.1 Å². The van der Waals surface area contributed by atoms with Crippen molar-refractivity contribution >= 4 is 35.0 Å². The van der Waals surface area contributed by atoms with Crippen LogP contribution >= 0.6 is 11.8 Å². The molecule has 1 atom stereocenters. The van der Waals surface area contributed by atoms with Crippen molar-refractivity contribution in [2.24, 2.45) is 5.92 Å². The van der Waals surface area contributed by atoms with Crippen molar-refractivity contribution in [2.75, 3.05) is 10.6 Å². The summed E-state index contributed by atoms with van der Waals surface area (Å²) in [6.45, 7) is 1.67. The van der Waals surface area contributed by atoms with Crippen LogP contribution in [0.3, 0.4) is 0 Å². The molecule has 1 saturated carbocycles. The van der Waals surface area contributed by atoms with Crippen LogP contribution in [0.2, 0.25) is 0 Å². The molecule has 148 valence electrons. The van der Waals surface area contributed by atoms with E-state index in [1.807, 2.05) is 6.07 Å². The maximum absolute atomic E-state index is 12.8. The Morgan fingerprint density at radius 1 is 1.04 bits per heavy atom. The Morgan fingerprint density at radius 2 is 1.68 bits per heavy atom. The number of thioether (sulfide) groups is 1. The number of rotatable bonds is 6. The van der Waals surface area contributed by atoms with Crippen LogP contribution in [0.5, 0.6) is 0 Å². The third-order valence-corrected chi connectivity index (χ3v) is 5.28. The van der Waals surface area contributed by atoms with E-state index >= 15 is 0 Å². The van der Waals surface area contributed by atoms with Crippen molar-refractivity contribution in [3.8, 4) is 0 Å². The molecule has 2 N–H and O–H groups in total. The van der Waals surface area contributed by atoms with E-state index in [1.54, 1.807) is 25.1 Å². The highest BCUT2D eigenvalue weighted by Crippen LogP contribution is 2.32. The number of alkyl halides is 3. The molecule has 2 amide bonds. The van der Waals surface area contributed by atoms with E-state index in [0.29, 0.717) is 5.69 Å². The third-order valence-electron chi connectivity index (χ3n) is 4.19. The topological polar surface area (TPSA) is 58.2 Å². The summed E-state index contributed by atoms with van der Waals surface area (Å²) in [6, 6.07) is 11.7. The summed E-state index contributed by atoms with van der Waals surface area (Å²) in [5.74, 6) is -0.317. The van der Waals surface area contributed by atoms with Crippen LogP contribution in [-0.4, -0.2) is 17.1 Å². The van der Waals surface area contributed by atoms with E-state index in [2.05, 4.69) is 10.6 Å². The summed E-state index contributed by atoms with van der Waals surface area (Å²) in [4.78, 5) is 25.0. The van der Waals surface area contributed by atoms with E-state index in [1.165, 1.54) is 23.9 Å². The first-order valence-corrected chi connectivity index (χ1v) is 9.66. The quantitative estimate of drug-likeness (QED) is 0.648. The monoisotopic (exact) mass is 408 g/mol. The number of amides is 2. The van der Waals surface area contributed by atoms with Crippen LogP contribution in [0.25, 0.3) is 0 Å². The normalized spacial score (nSPS) is 15.0. The first-order chi connectivity index (χ1) is 13.2. The van der Waals surface area contributed by atoms with E-state index in [-0.39, 0.29) is 17.5 Å². The third kappa shape index (κ3) is 5.51. The van der Waals surface area contributed by atoms with Crippen LogP contribution in [0.15, 0.2) is 53.4 Å². The van der Waals surface area contributed by atoms with Crippen molar-refractivity contribution in [3.63, 3.8) is 0 Å². The number of hydrogen-bond acceptors (Lipinski definition) is 3. The van der Waals surface area contributed by atoms with Crippen LogP contribution in [0, 0.1) is 5.92 Å². The fourth-order valence-electron chi connectivity index (χ4n) is 2.51. The molecule has 1 fully saturated rings. The van der Waals surface area contributed by atoms with Crippen molar-refractivity contribution in [1.82, 2.24) is 0 Å². The summed E-state index contributed by atoms with van der Waals surface area (Å²) in [7, 11) is 0. The highest BCUT2D eigenvalue weighted by molar-refractivity contribution is 8.00. The Bertz CT molecular complexity index is 882. The SMILES string of the molecule is CC(Sc1cccc(NC(=O)C2CC2)c1)C(=O)Nc1cccc(C(F)(F)F)c1. The maximum atomic E-state index is 12.8. The van der Waals surface area contributed by atoms with E-state index in [4.69, 9.17) is 0 Å². The van der Waals surface area contributed by atoms with Crippen molar-refractivity contribution in [3.05, 3.63) is 54.1 Å². The average Bonchev–Trinajstić information content (AvgIpc) is 3.46. The molecule has 3 rings (SSSR count). The van der Waals surface area contributed by atoms with Gasteiger partial charge in [0.25, 0.3) is 0 Å². The lowest BCUT2D eigenvalue weighted by atomic mass is 10.2. The van der Waals surface area contributed by atoms with Crippen LogP contribution in [0.4, 0.5) is 24.5 Å². The van der Waals surface area contributed by atoms with E-state index < -0.39 is 22.9 Å². The maximum Gasteiger partial charge on any atom is 0.416 e. The molecule has 0 saturated heterocycles. The highest BCUT2D eigenvalue weighted by Gasteiger charge is 2.31. The molecule has 28 heavy (non-hydrogen) atoms. The lowest BCUT2D eigenvalue weighted by molar-refractivity contribution is -0.137.